The number of benzene rings is 2. The van der Waals surface area contributed by atoms with Gasteiger partial charge < -0.3 is 10.6 Å². The second-order valence-electron chi connectivity index (χ2n) is 8.51. The Labute approximate surface area is 198 Å². The average Bonchev–Trinajstić information content (AvgIpc) is 3.19. The van der Waals surface area contributed by atoms with E-state index < -0.39 is 12.0 Å². The Morgan fingerprint density at radius 2 is 1.82 bits per heavy atom. The van der Waals surface area contributed by atoms with Crippen LogP contribution >= 0.6 is 0 Å². The minimum Gasteiger partial charge on any atom is -0.336 e. The number of carbonyl (C=O) groups excluding carboxylic acids is 2. The molecule has 0 saturated carbocycles. The van der Waals surface area contributed by atoms with E-state index in [1.54, 1.807) is 40.6 Å². The number of hydrogen-bond acceptors (Lipinski definition) is 4. The first kappa shape index (κ1) is 23.4. The molecule has 2 heterocycles. The lowest BCUT2D eigenvalue weighted by Gasteiger charge is -2.36. The highest BCUT2D eigenvalue weighted by Gasteiger charge is 2.43. The largest absolute Gasteiger partial charge is 0.336 e. The molecular weight excluding hydrogens is 433 g/mol. The van der Waals surface area contributed by atoms with Crippen LogP contribution in [0.3, 0.4) is 0 Å². The lowest BCUT2D eigenvalue weighted by Crippen LogP contribution is -2.52. The summed E-state index contributed by atoms with van der Waals surface area (Å²) in [5, 5.41) is 4.87. The van der Waals surface area contributed by atoms with Crippen molar-refractivity contribution in [2.45, 2.75) is 32.4 Å². The molecule has 176 valence electrons. The highest BCUT2D eigenvalue weighted by atomic mass is 19.1. The van der Waals surface area contributed by atoms with Crippen LogP contribution in [0.15, 0.2) is 66.7 Å². The molecule has 0 spiro atoms. The fraction of sp³-hybridized carbons (Fsp3) is 0.269. The van der Waals surface area contributed by atoms with Gasteiger partial charge in [0.15, 0.2) is 0 Å². The molecule has 2 atom stereocenters. The van der Waals surface area contributed by atoms with Gasteiger partial charge >= 0.3 is 0 Å². The summed E-state index contributed by atoms with van der Waals surface area (Å²) < 4.78 is 15.4. The van der Waals surface area contributed by atoms with E-state index in [1.807, 2.05) is 37.3 Å². The fourth-order valence-electron chi connectivity index (χ4n) is 4.49. The monoisotopic (exact) mass is 461 g/mol. The molecule has 0 bridgehead atoms. The summed E-state index contributed by atoms with van der Waals surface area (Å²) in [6.07, 6.45) is 0. The van der Waals surface area contributed by atoms with Gasteiger partial charge in [-0.3, -0.25) is 14.5 Å². The van der Waals surface area contributed by atoms with E-state index in [0.29, 0.717) is 29.2 Å². The van der Waals surface area contributed by atoms with Gasteiger partial charge in [-0.1, -0.05) is 36.9 Å². The van der Waals surface area contributed by atoms with Gasteiger partial charge in [0.05, 0.1) is 24.0 Å². The van der Waals surface area contributed by atoms with E-state index in [4.69, 9.17) is 10.8 Å². The molecule has 4 rings (SSSR count). The van der Waals surface area contributed by atoms with Gasteiger partial charge in [-0.25, -0.2) is 9.07 Å². The van der Waals surface area contributed by atoms with Crippen LogP contribution < -0.4 is 10.6 Å². The highest BCUT2D eigenvalue weighted by Crippen LogP contribution is 2.43. The smallest absolute Gasteiger partial charge is 0.248 e. The molecule has 2 N–H and O–H groups in total. The molecule has 3 aromatic rings. The predicted molar refractivity (Wildman–Crippen MR) is 129 cm³/mol. The Bertz CT molecular complexity index is 1240. The summed E-state index contributed by atoms with van der Waals surface area (Å²) in [4.78, 5) is 29.1. The first-order chi connectivity index (χ1) is 16.2. The summed E-state index contributed by atoms with van der Waals surface area (Å²) >= 11 is 0. The van der Waals surface area contributed by atoms with Crippen molar-refractivity contribution < 1.29 is 14.0 Å². The first-order valence-electron chi connectivity index (χ1n) is 11.1. The van der Waals surface area contributed by atoms with Crippen molar-refractivity contribution in [2.24, 2.45) is 5.73 Å². The normalized spacial score (nSPS) is 17.4. The number of nitrogens with two attached hydrogens (primary N) is 1. The topological polar surface area (TPSA) is 84.5 Å². The molecule has 1 aromatic heterocycles. The van der Waals surface area contributed by atoms with Crippen molar-refractivity contribution >= 4 is 17.6 Å². The number of aromatic nitrogens is 2. The molecule has 34 heavy (non-hydrogen) atoms. The molecular formula is C26H28FN5O2. The summed E-state index contributed by atoms with van der Waals surface area (Å²) in [7, 11) is 1.68. The van der Waals surface area contributed by atoms with E-state index in [2.05, 4.69) is 6.58 Å². The van der Waals surface area contributed by atoms with Crippen molar-refractivity contribution in [3.05, 3.63) is 89.4 Å². The number of fused-ring (bicyclic) bond motifs is 1. The third kappa shape index (κ3) is 4.01. The molecule has 0 saturated heterocycles. The maximum absolute atomic E-state index is 13.7. The number of amides is 2. The summed E-state index contributed by atoms with van der Waals surface area (Å²) in [6, 6.07) is 14.6. The Morgan fingerprint density at radius 3 is 2.41 bits per heavy atom. The van der Waals surface area contributed by atoms with Crippen molar-refractivity contribution in [3.63, 3.8) is 0 Å². The second kappa shape index (κ2) is 9.23. The van der Waals surface area contributed by atoms with E-state index in [0.717, 1.165) is 11.3 Å². The standard InChI is InChI=1S/C26H28FN5O2/c1-5-31-24-22(21(23(28)26(31)34)17-11-13-18(27)14-12-17)20(15-30(4)25(33)16(2)3)29-32(24)19-9-7-6-8-10-19/h6-14,21,23H,2,5,15,28H2,1,3-4H3. The number of hydrogen-bond donors (Lipinski definition) is 1. The number of rotatable bonds is 6. The van der Waals surface area contributed by atoms with Crippen molar-refractivity contribution in [3.8, 4) is 5.69 Å². The van der Waals surface area contributed by atoms with Crippen LogP contribution in [0, 0.1) is 5.82 Å². The van der Waals surface area contributed by atoms with Crippen molar-refractivity contribution in [1.29, 1.82) is 0 Å². The predicted octanol–water partition coefficient (Wildman–Crippen LogP) is 3.37. The van der Waals surface area contributed by atoms with Gasteiger partial charge in [0.1, 0.15) is 11.6 Å². The zero-order valence-corrected chi connectivity index (χ0v) is 19.5. The molecule has 7 nitrogen and oxygen atoms in total. The third-order valence-corrected chi connectivity index (χ3v) is 6.09. The summed E-state index contributed by atoms with van der Waals surface area (Å²) in [6.45, 7) is 7.88. The number of halogens is 1. The van der Waals surface area contributed by atoms with Crippen LogP contribution in [0.4, 0.5) is 10.2 Å². The van der Waals surface area contributed by atoms with Crippen molar-refractivity contribution in [2.75, 3.05) is 18.5 Å². The maximum Gasteiger partial charge on any atom is 0.248 e. The number of likely N-dealkylation sites (N-methyl/N-ethyl adjacent to an activating group) is 2. The second-order valence-corrected chi connectivity index (χ2v) is 8.51. The van der Waals surface area contributed by atoms with Gasteiger partial charge in [-0.15, -0.1) is 0 Å². The Balaban J connectivity index is 1.98. The minimum atomic E-state index is -0.882. The summed E-state index contributed by atoms with van der Waals surface area (Å²) in [5.41, 5.74) is 9.78. The summed E-state index contributed by atoms with van der Waals surface area (Å²) in [5.74, 6) is -0.751. The first-order valence-corrected chi connectivity index (χ1v) is 11.1. The molecule has 8 heteroatoms. The molecule has 1 aliphatic rings. The van der Waals surface area contributed by atoms with Crippen LogP contribution in [0.2, 0.25) is 0 Å². The number of anilines is 1. The molecule has 0 aliphatic carbocycles. The molecule has 2 aromatic carbocycles. The molecule has 2 amide bonds. The molecule has 1 aliphatic heterocycles. The van der Waals surface area contributed by atoms with Crippen molar-refractivity contribution in [1.82, 2.24) is 14.7 Å². The third-order valence-electron chi connectivity index (χ3n) is 6.09. The van der Waals surface area contributed by atoms with Gasteiger partial charge in [0.25, 0.3) is 0 Å². The van der Waals surface area contributed by atoms with Gasteiger partial charge in [0.2, 0.25) is 11.8 Å². The molecule has 2 unspecified atom stereocenters. The molecule has 0 radical (unpaired) electrons. The lowest BCUT2D eigenvalue weighted by atomic mass is 9.81. The van der Waals surface area contributed by atoms with Crippen LogP contribution in [-0.4, -0.2) is 46.1 Å². The average molecular weight is 462 g/mol. The minimum absolute atomic E-state index is 0.198. The fourth-order valence-corrected chi connectivity index (χ4v) is 4.49. The maximum atomic E-state index is 13.7. The Hall–Kier alpha value is -3.78. The molecule has 0 fully saturated rings. The SMILES string of the molecule is C=C(C)C(=O)N(C)Cc1nn(-c2ccccc2)c2c1C(c1ccc(F)cc1)C(N)C(=O)N2CC. The van der Waals surface area contributed by atoms with Gasteiger partial charge in [-0.2, -0.15) is 5.10 Å². The Kier molecular flexibility index (Phi) is 6.34. The van der Waals surface area contributed by atoms with E-state index in [9.17, 15) is 14.0 Å². The van der Waals surface area contributed by atoms with Crippen LogP contribution in [0.25, 0.3) is 5.69 Å². The van der Waals surface area contributed by atoms with Gasteiger partial charge in [-0.05, 0) is 43.7 Å². The van der Waals surface area contributed by atoms with Crippen LogP contribution in [0.1, 0.15) is 36.6 Å². The quantitative estimate of drug-likeness (QED) is 0.571. The number of nitrogens with zero attached hydrogens (tertiary/aromatic N) is 4. The lowest BCUT2D eigenvalue weighted by molar-refractivity contribution is -0.126. The van der Waals surface area contributed by atoms with Gasteiger partial charge in [0, 0.05) is 30.6 Å². The van der Waals surface area contributed by atoms with E-state index in [-0.39, 0.29) is 24.2 Å². The van der Waals surface area contributed by atoms with E-state index in [1.165, 1.54) is 12.1 Å². The van der Waals surface area contributed by atoms with Crippen LogP contribution in [-0.2, 0) is 16.1 Å². The zero-order chi connectivity index (χ0) is 24.6. The van der Waals surface area contributed by atoms with E-state index >= 15 is 0 Å². The van der Waals surface area contributed by atoms with Crippen LogP contribution in [0.5, 0.6) is 0 Å². The highest BCUT2D eigenvalue weighted by molar-refractivity contribution is 6.01. The zero-order valence-electron chi connectivity index (χ0n) is 19.5. The number of carbonyl (C=O) groups is 2. The Morgan fingerprint density at radius 1 is 1.18 bits per heavy atom. The number of para-hydroxylation sites is 1.